The fourth-order valence-corrected chi connectivity index (χ4v) is 5.22. The van der Waals surface area contributed by atoms with E-state index in [1.54, 1.807) is 17.0 Å². The minimum atomic E-state index is -3.66. The van der Waals surface area contributed by atoms with Crippen molar-refractivity contribution in [1.29, 1.82) is 0 Å². The van der Waals surface area contributed by atoms with Crippen molar-refractivity contribution in [3.63, 3.8) is 0 Å². The van der Waals surface area contributed by atoms with Crippen LogP contribution in [0.15, 0.2) is 47.4 Å². The lowest BCUT2D eigenvalue weighted by molar-refractivity contribution is -0.117. The fourth-order valence-electron chi connectivity index (χ4n) is 4.29. The summed E-state index contributed by atoms with van der Waals surface area (Å²) in [5, 5.41) is 2.93. The van der Waals surface area contributed by atoms with Crippen LogP contribution in [0.3, 0.4) is 0 Å². The monoisotopic (exact) mass is 470 g/mol. The molecule has 0 spiro atoms. The first-order valence-corrected chi connectivity index (χ1v) is 12.7. The maximum Gasteiger partial charge on any atom is 0.253 e. The number of nitrogens with zero attached hydrogens (tertiary/aromatic N) is 3. The summed E-state index contributed by atoms with van der Waals surface area (Å²) in [4.78, 5) is 29.1. The molecule has 2 saturated heterocycles. The van der Waals surface area contributed by atoms with Crippen molar-refractivity contribution in [2.75, 3.05) is 43.5 Å². The van der Waals surface area contributed by atoms with Crippen LogP contribution in [0.5, 0.6) is 0 Å². The predicted molar refractivity (Wildman–Crippen MR) is 128 cm³/mol. The molecule has 0 unspecified atom stereocenters. The van der Waals surface area contributed by atoms with Gasteiger partial charge in [-0.05, 0) is 55.2 Å². The third-order valence-electron chi connectivity index (χ3n) is 6.21. The van der Waals surface area contributed by atoms with Crippen LogP contribution in [-0.4, -0.2) is 58.3 Å². The lowest BCUT2D eigenvalue weighted by atomic mass is 10.1. The summed E-state index contributed by atoms with van der Waals surface area (Å²) in [7, 11) is -0.705. The Balaban J connectivity index is 1.53. The van der Waals surface area contributed by atoms with Gasteiger partial charge in [0, 0.05) is 58.1 Å². The molecule has 176 valence electrons. The largest absolute Gasteiger partial charge is 0.371 e. The molecule has 2 aliphatic rings. The standard InChI is InChI=1S/C24H30N4O4S/c1-26(2)33(31,32)20-11-12-22(27-13-3-4-14-27)21(16-20)24(30)25-17-18-7-9-19(10-8-18)28-15-5-6-23(28)29/h7-12,16H,3-6,13-15,17H2,1-2H3,(H,25,30). The van der Waals surface area contributed by atoms with Crippen LogP contribution in [0, 0.1) is 0 Å². The second kappa shape index (κ2) is 9.52. The van der Waals surface area contributed by atoms with Crippen LogP contribution in [0.4, 0.5) is 11.4 Å². The zero-order valence-electron chi connectivity index (χ0n) is 19.1. The Morgan fingerprint density at radius 1 is 1.00 bits per heavy atom. The Labute approximate surface area is 195 Å². The summed E-state index contributed by atoms with van der Waals surface area (Å²) in [6, 6.07) is 12.4. The van der Waals surface area contributed by atoms with E-state index >= 15 is 0 Å². The van der Waals surface area contributed by atoms with Crippen molar-refractivity contribution in [3.8, 4) is 0 Å². The Morgan fingerprint density at radius 3 is 2.30 bits per heavy atom. The molecule has 2 fully saturated rings. The lowest BCUT2D eigenvalue weighted by Crippen LogP contribution is -2.28. The molecular formula is C24H30N4O4S. The molecular weight excluding hydrogens is 440 g/mol. The molecule has 33 heavy (non-hydrogen) atoms. The maximum atomic E-state index is 13.2. The molecule has 2 aromatic rings. The average Bonchev–Trinajstić information content (AvgIpc) is 3.49. The van der Waals surface area contributed by atoms with Gasteiger partial charge in [0.05, 0.1) is 10.5 Å². The van der Waals surface area contributed by atoms with Gasteiger partial charge in [-0.1, -0.05) is 12.1 Å². The number of anilines is 2. The zero-order chi connectivity index (χ0) is 23.6. The Bertz CT molecular complexity index is 1140. The number of carbonyl (C=O) groups excluding carboxylic acids is 2. The highest BCUT2D eigenvalue weighted by molar-refractivity contribution is 7.89. The van der Waals surface area contributed by atoms with E-state index in [0.29, 0.717) is 18.5 Å². The molecule has 0 atom stereocenters. The summed E-state index contributed by atoms with van der Waals surface area (Å²) >= 11 is 0. The molecule has 8 nitrogen and oxygen atoms in total. The van der Waals surface area contributed by atoms with E-state index in [1.807, 2.05) is 24.3 Å². The van der Waals surface area contributed by atoms with E-state index in [0.717, 1.165) is 60.1 Å². The van der Waals surface area contributed by atoms with Crippen molar-refractivity contribution in [2.45, 2.75) is 37.1 Å². The average molecular weight is 471 g/mol. The summed E-state index contributed by atoms with van der Waals surface area (Å²) < 4.78 is 26.4. The molecule has 0 bridgehead atoms. The van der Waals surface area contributed by atoms with E-state index in [-0.39, 0.29) is 16.7 Å². The number of sulfonamides is 1. The van der Waals surface area contributed by atoms with Crippen LogP contribution >= 0.6 is 0 Å². The molecule has 0 aliphatic carbocycles. The summed E-state index contributed by atoms with van der Waals surface area (Å²) in [6.07, 6.45) is 3.55. The first kappa shape index (κ1) is 23.3. The first-order valence-electron chi connectivity index (χ1n) is 11.3. The smallest absolute Gasteiger partial charge is 0.253 e. The molecule has 1 N–H and O–H groups in total. The fraction of sp³-hybridized carbons (Fsp3) is 0.417. The van der Waals surface area contributed by atoms with E-state index in [2.05, 4.69) is 10.2 Å². The molecule has 0 radical (unpaired) electrons. The minimum absolute atomic E-state index is 0.0974. The van der Waals surface area contributed by atoms with Crippen molar-refractivity contribution in [3.05, 3.63) is 53.6 Å². The number of carbonyl (C=O) groups is 2. The van der Waals surface area contributed by atoms with E-state index in [1.165, 1.54) is 20.2 Å². The number of benzene rings is 2. The van der Waals surface area contributed by atoms with Gasteiger partial charge in [-0.25, -0.2) is 12.7 Å². The zero-order valence-corrected chi connectivity index (χ0v) is 19.9. The van der Waals surface area contributed by atoms with Gasteiger partial charge in [0.2, 0.25) is 15.9 Å². The second-order valence-electron chi connectivity index (χ2n) is 8.66. The highest BCUT2D eigenvalue weighted by Gasteiger charge is 2.25. The van der Waals surface area contributed by atoms with E-state index < -0.39 is 10.0 Å². The van der Waals surface area contributed by atoms with Crippen LogP contribution < -0.4 is 15.1 Å². The quantitative estimate of drug-likeness (QED) is 0.672. The lowest BCUT2D eigenvalue weighted by Gasteiger charge is -2.22. The molecule has 2 aromatic carbocycles. The maximum absolute atomic E-state index is 13.2. The van der Waals surface area contributed by atoms with Crippen molar-refractivity contribution >= 4 is 33.2 Å². The van der Waals surface area contributed by atoms with E-state index in [4.69, 9.17) is 0 Å². The molecule has 4 rings (SSSR count). The van der Waals surface area contributed by atoms with Gasteiger partial charge in [-0.3, -0.25) is 9.59 Å². The molecule has 2 aliphatic heterocycles. The molecule has 0 saturated carbocycles. The van der Waals surface area contributed by atoms with Crippen molar-refractivity contribution < 1.29 is 18.0 Å². The van der Waals surface area contributed by atoms with Crippen LogP contribution in [0.1, 0.15) is 41.6 Å². The number of nitrogens with one attached hydrogen (secondary N) is 1. The van der Waals surface area contributed by atoms with Gasteiger partial charge in [-0.15, -0.1) is 0 Å². The van der Waals surface area contributed by atoms with Gasteiger partial charge in [-0.2, -0.15) is 0 Å². The Hall–Kier alpha value is -2.91. The summed E-state index contributed by atoms with van der Waals surface area (Å²) in [5.41, 5.74) is 2.88. The van der Waals surface area contributed by atoms with Gasteiger partial charge >= 0.3 is 0 Å². The summed E-state index contributed by atoms with van der Waals surface area (Å²) in [5.74, 6) is -0.176. The Kier molecular flexibility index (Phi) is 6.71. The van der Waals surface area contributed by atoms with Gasteiger partial charge in [0.25, 0.3) is 5.91 Å². The Morgan fingerprint density at radius 2 is 1.70 bits per heavy atom. The molecule has 9 heteroatoms. The number of amides is 2. The second-order valence-corrected chi connectivity index (χ2v) is 10.8. The van der Waals surface area contributed by atoms with Crippen LogP contribution in [-0.2, 0) is 21.4 Å². The molecule has 0 aromatic heterocycles. The van der Waals surface area contributed by atoms with E-state index in [9.17, 15) is 18.0 Å². The van der Waals surface area contributed by atoms with Gasteiger partial charge in [0.15, 0.2) is 0 Å². The number of hydrogen-bond acceptors (Lipinski definition) is 5. The SMILES string of the molecule is CN(C)S(=O)(=O)c1ccc(N2CCCC2)c(C(=O)NCc2ccc(N3CCCC3=O)cc2)c1. The minimum Gasteiger partial charge on any atom is -0.371 e. The molecule has 2 heterocycles. The van der Waals surface area contributed by atoms with Crippen LogP contribution in [0.2, 0.25) is 0 Å². The topological polar surface area (TPSA) is 90.0 Å². The van der Waals surface area contributed by atoms with Crippen LogP contribution in [0.25, 0.3) is 0 Å². The predicted octanol–water partition coefficient (Wildman–Crippen LogP) is 2.59. The van der Waals surface area contributed by atoms with Gasteiger partial charge in [0.1, 0.15) is 0 Å². The number of hydrogen-bond donors (Lipinski definition) is 1. The molecule has 2 amide bonds. The third-order valence-corrected chi connectivity index (χ3v) is 8.02. The normalized spacial score (nSPS) is 16.6. The van der Waals surface area contributed by atoms with Gasteiger partial charge < -0.3 is 15.1 Å². The first-order chi connectivity index (χ1) is 15.8. The highest BCUT2D eigenvalue weighted by atomic mass is 32.2. The number of rotatable bonds is 7. The van der Waals surface area contributed by atoms with Crippen molar-refractivity contribution in [2.24, 2.45) is 0 Å². The third kappa shape index (κ3) is 4.89. The van der Waals surface area contributed by atoms with Crippen molar-refractivity contribution in [1.82, 2.24) is 9.62 Å². The summed E-state index contributed by atoms with van der Waals surface area (Å²) in [6.45, 7) is 2.73. The highest BCUT2D eigenvalue weighted by Crippen LogP contribution is 2.28.